The van der Waals surface area contributed by atoms with Crippen LogP contribution < -0.4 is 0 Å². The van der Waals surface area contributed by atoms with Gasteiger partial charge in [0, 0.05) is 23.7 Å². The minimum Gasteiger partial charge on any atom is -0.377 e. The van der Waals surface area contributed by atoms with Gasteiger partial charge >= 0.3 is 6.18 Å². The Morgan fingerprint density at radius 2 is 2.08 bits per heavy atom. The van der Waals surface area contributed by atoms with E-state index in [1.54, 1.807) is 4.90 Å². The Hall–Kier alpha value is -1.70. The molecule has 0 radical (unpaired) electrons. The van der Waals surface area contributed by atoms with Gasteiger partial charge in [-0.05, 0) is 33.1 Å². The Bertz CT molecular complexity index is 648. The van der Waals surface area contributed by atoms with Gasteiger partial charge in [-0.3, -0.25) is 4.79 Å². The molecule has 1 aliphatic carbocycles. The van der Waals surface area contributed by atoms with Crippen molar-refractivity contribution in [3.63, 3.8) is 0 Å². The standard InChI is InChI=1S/C16H20F3N3O2/c1-9-8-24-6-5-22(9)15(23)11-3-4-13-12(7-11)14(16(17,18)19)21-10(2)20-13/h9,11H,3-8H2,1-2H3/t9-,11-/m1/s1. The van der Waals surface area contributed by atoms with Gasteiger partial charge in [-0.15, -0.1) is 0 Å². The van der Waals surface area contributed by atoms with Crippen LogP contribution in [-0.4, -0.2) is 46.6 Å². The number of carbonyl (C=O) groups is 1. The zero-order valence-electron chi connectivity index (χ0n) is 13.7. The molecule has 5 nitrogen and oxygen atoms in total. The summed E-state index contributed by atoms with van der Waals surface area (Å²) in [5, 5.41) is 0. The number of hydrogen-bond acceptors (Lipinski definition) is 4. The number of aryl methyl sites for hydroxylation is 2. The van der Waals surface area contributed by atoms with Gasteiger partial charge in [-0.25, -0.2) is 9.97 Å². The molecule has 2 heterocycles. The number of morpholine rings is 1. The van der Waals surface area contributed by atoms with Gasteiger partial charge in [0.05, 0.1) is 19.3 Å². The Kier molecular flexibility index (Phi) is 4.50. The number of amides is 1. The summed E-state index contributed by atoms with van der Waals surface area (Å²) in [6.45, 7) is 4.77. The summed E-state index contributed by atoms with van der Waals surface area (Å²) in [4.78, 5) is 22.2. The highest BCUT2D eigenvalue weighted by Crippen LogP contribution is 2.36. The smallest absolute Gasteiger partial charge is 0.377 e. The number of rotatable bonds is 1. The predicted molar refractivity (Wildman–Crippen MR) is 79.3 cm³/mol. The zero-order valence-corrected chi connectivity index (χ0v) is 13.7. The van der Waals surface area contributed by atoms with Crippen molar-refractivity contribution < 1.29 is 22.7 Å². The first-order valence-electron chi connectivity index (χ1n) is 8.09. The number of carbonyl (C=O) groups excluding carboxylic acids is 1. The van der Waals surface area contributed by atoms with Gasteiger partial charge in [0.2, 0.25) is 5.91 Å². The fourth-order valence-corrected chi connectivity index (χ4v) is 3.47. The van der Waals surface area contributed by atoms with Crippen molar-refractivity contribution >= 4 is 5.91 Å². The van der Waals surface area contributed by atoms with Gasteiger partial charge in [-0.2, -0.15) is 13.2 Å². The number of halogens is 3. The molecule has 1 fully saturated rings. The minimum atomic E-state index is -4.53. The first-order chi connectivity index (χ1) is 11.3. The Labute approximate surface area is 138 Å². The zero-order chi connectivity index (χ0) is 17.5. The van der Waals surface area contributed by atoms with Gasteiger partial charge in [0.1, 0.15) is 5.82 Å². The average Bonchev–Trinajstić information content (AvgIpc) is 2.52. The molecule has 0 unspecified atom stereocenters. The fraction of sp³-hybridized carbons (Fsp3) is 0.688. The lowest BCUT2D eigenvalue weighted by Gasteiger charge is -2.37. The van der Waals surface area contributed by atoms with Crippen LogP contribution >= 0.6 is 0 Å². The van der Waals surface area contributed by atoms with E-state index in [1.165, 1.54) is 6.92 Å². The van der Waals surface area contributed by atoms with E-state index in [-0.39, 0.29) is 29.8 Å². The molecule has 24 heavy (non-hydrogen) atoms. The molecule has 0 spiro atoms. The Balaban J connectivity index is 1.87. The highest BCUT2D eigenvalue weighted by Gasteiger charge is 2.41. The number of ether oxygens (including phenoxy) is 1. The second-order valence-electron chi connectivity index (χ2n) is 6.44. The van der Waals surface area contributed by atoms with E-state index in [2.05, 4.69) is 9.97 Å². The van der Waals surface area contributed by atoms with Crippen LogP contribution in [0, 0.1) is 12.8 Å². The molecule has 0 saturated carbocycles. The second kappa shape index (κ2) is 6.31. The van der Waals surface area contributed by atoms with Crippen molar-refractivity contribution in [3.05, 3.63) is 22.8 Å². The lowest BCUT2D eigenvalue weighted by atomic mass is 9.84. The predicted octanol–water partition coefficient (Wildman–Crippen LogP) is 2.16. The van der Waals surface area contributed by atoms with Crippen LogP contribution in [0.5, 0.6) is 0 Å². The van der Waals surface area contributed by atoms with Crippen molar-refractivity contribution in [2.45, 2.75) is 45.3 Å². The van der Waals surface area contributed by atoms with Crippen molar-refractivity contribution in [1.29, 1.82) is 0 Å². The van der Waals surface area contributed by atoms with Crippen molar-refractivity contribution in [1.82, 2.24) is 14.9 Å². The third-order valence-corrected chi connectivity index (χ3v) is 4.65. The molecular weight excluding hydrogens is 323 g/mol. The van der Waals surface area contributed by atoms with E-state index in [0.717, 1.165) is 0 Å². The lowest BCUT2D eigenvalue weighted by molar-refractivity contribution is -0.146. The number of nitrogens with zero attached hydrogens (tertiary/aromatic N) is 3. The van der Waals surface area contributed by atoms with Crippen LogP contribution in [-0.2, 0) is 28.5 Å². The molecule has 0 bridgehead atoms. The molecule has 1 amide bonds. The van der Waals surface area contributed by atoms with E-state index in [0.29, 0.717) is 38.3 Å². The van der Waals surface area contributed by atoms with E-state index < -0.39 is 17.8 Å². The van der Waals surface area contributed by atoms with Gasteiger partial charge in [-0.1, -0.05) is 0 Å². The number of aromatic nitrogens is 2. The quantitative estimate of drug-likeness (QED) is 0.784. The maximum atomic E-state index is 13.3. The number of hydrogen-bond donors (Lipinski definition) is 0. The van der Waals surface area contributed by atoms with Crippen LogP contribution in [0.25, 0.3) is 0 Å². The third kappa shape index (κ3) is 3.24. The fourth-order valence-electron chi connectivity index (χ4n) is 3.47. The molecule has 132 valence electrons. The molecule has 8 heteroatoms. The minimum absolute atomic E-state index is 0.0490. The summed E-state index contributed by atoms with van der Waals surface area (Å²) in [5.74, 6) is -0.428. The molecule has 3 rings (SSSR count). The monoisotopic (exact) mass is 343 g/mol. The number of fused-ring (bicyclic) bond motifs is 1. The van der Waals surface area contributed by atoms with Crippen LogP contribution in [0.3, 0.4) is 0 Å². The normalized spacial score (nSPS) is 24.6. The summed E-state index contributed by atoms with van der Waals surface area (Å²) in [6, 6.07) is -0.0519. The molecule has 0 N–H and O–H groups in total. The van der Waals surface area contributed by atoms with Crippen molar-refractivity contribution in [2.24, 2.45) is 5.92 Å². The topological polar surface area (TPSA) is 55.3 Å². The largest absolute Gasteiger partial charge is 0.433 e. The molecule has 2 aliphatic rings. The van der Waals surface area contributed by atoms with Crippen LogP contribution in [0.2, 0.25) is 0 Å². The first kappa shape index (κ1) is 17.1. The Morgan fingerprint density at radius 3 is 2.75 bits per heavy atom. The van der Waals surface area contributed by atoms with E-state index >= 15 is 0 Å². The summed E-state index contributed by atoms with van der Waals surface area (Å²) in [6.07, 6.45) is -3.59. The van der Waals surface area contributed by atoms with Crippen LogP contribution in [0.15, 0.2) is 0 Å². The van der Waals surface area contributed by atoms with Crippen LogP contribution in [0.4, 0.5) is 13.2 Å². The lowest BCUT2D eigenvalue weighted by Crippen LogP contribution is -2.50. The van der Waals surface area contributed by atoms with E-state index in [4.69, 9.17) is 4.74 Å². The summed E-state index contributed by atoms with van der Waals surface area (Å²) in [5.41, 5.74) is -0.384. The molecular formula is C16H20F3N3O2. The van der Waals surface area contributed by atoms with Gasteiger partial charge < -0.3 is 9.64 Å². The number of alkyl halides is 3. The van der Waals surface area contributed by atoms with Gasteiger partial charge in [0.15, 0.2) is 5.69 Å². The van der Waals surface area contributed by atoms with Crippen molar-refractivity contribution in [2.75, 3.05) is 19.8 Å². The molecule has 1 saturated heterocycles. The highest BCUT2D eigenvalue weighted by molar-refractivity contribution is 5.80. The SMILES string of the molecule is Cc1nc2c(c(C(F)(F)F)n1)C[C@H](C(=O)N1CCOC[C@H]1C)CC2. The molecule has 0 aromatic carbocycles. The van der Waals surface area contributed by atoms with E-state index in [9.17, 15) is 18.0 Å². The highest BCUT2D eigenvalue weighted by atomic mass is 19.4. The maximum absolute atomic E-state index is 13.3. The molecule has 1 aliphatic heterocycles. The third-order valence-electron chi connectivity index (χ3n) is 4.65. The summed E-state index contributed by atoms with van der Waals surface area (Å²) >= 11 is 0. The molecule has 2 atom stereocenters. The molecule has 1 aromatic heterocycles. The van der Waals surface area contributed by atoms with Gasteiger partial charge in [0.25, 0.3) is 0 Å². The van der Waals surface area contributed by atoms with E-state index in [1.807, 2.05) is 6.92 Å². The molecule has 1 aromatic rings. The summed E-state index contributed by atoms with van der Waals surface area (Å²) in [7, 11) is 0. The maximum Gasteiger partial charge on any atom is 0.433 e. The average molecular weight is 343 g/mol. The Morgan fingerprint density at radius 1 is 1.33 bits per heavy atom. The second-order valence-corrected chi connectivity index (χ2v) is 6.44. The van der Waals surface area contributed by atoms with Crippen LogP contribution in [0.1, 0.15) is 36.1 Å². The van der Waals surface area contributed by atoms with Crippen molar-refractivity contribution in [3.8, 4) is 0 Å². The first-order valence-corrected chi connectivity index (χ1v) is 8.09. The summed E-state index contributed by atoms with van der Waals surface area (Å²) < 4.78 is 45.2.